The van der Waals surface area contributed by atoms with Crippen molar-refractivity contribution in [2.75, 3.05) is 11.2 Å². The van der Waals surface area contributed by atoms with E-state index in [9.17, 15) is 4.79 Å². The SMILES string of the molecule is CC(C)(CCl)C(=O)Nc1ccc2[nH]ncc2c1. The van der Waals surface area contributed by atoms with Crippen LogP contribution in [0.2, 0.25) is 0 Å². The lowest BCUT2D eigenvalue weighted by atomic mass is 9.95. The molecule has 0 bridgehead atoms. The molecular formula is C12H14ClN3O. The Morgan fingerprint density at radius 3 is 3.00 bits per heavy atom. The number of halogens is 1. The average molecular weight is 252 g/mol. The van der Waals surface area contributed by atoms with E-state index in [-0.39, 0.29) is 11.8 Å². The van der Waals surface area contributed by atoms with Crippen LogP contribution in [0.4, 0.5) is 5.69 Å². The number of nitrogens with one attached hydrogen (secondary N) is 2. The summed E-state index contributed by atoms with van der Waals surface area (Å²) < 4.78 is 0. The number of hydrogen-bond acceptors (Lipinski definition) is 2. The molecule has 1 aromatic carbocycles. The quantitative estimate of drug-likeness (QED) is 0.824. The van der Waals surface area contributed by atoms with Gasteiger partial charge in [0.2, 0.25) is 5.91 Å². The molecule has 1 aromatic heterocycles. The van der Waals surface area contributed by atoms with Crippen LogP contribution in [0.3, 0.4) is 0 Å². The van der Waals surface area contributed by atoms with Crippen LogP contribution in [-0.4, -0.2) is 22.0 Å². The largest absolute Gasteiger partial charge is 0.326 e. The molecule has 0 aliphatic carbocycles. The maximum absolute atomic E-state index is 11.9. The summed E-state index contributed by atoms with van der Waals surface area (Å²) in [4.78, 5) is 11.9. The molecule has 1 amide bonds. The molecule has 2 rings (SSSR count). The summed E-state index contributed by atoms with van der Waals surface area (Å²) in [6, 6.07) is 5.59. The highest BCUT2D eigenvalue weighted by atomic mass is 35.5. The van der Waals surface area contributed by atoms with E-state index in [2.05, 4.69) is 15.5 Å². The van der Waals surface area contributed by atoms with Gasteiger partial charge in [-0.05, 0) is 32.0 Å². The van der Waals surface area contributed by atoms with Gasteiger partial charge in [0.25, 0.3) is 0 Å². The summed E-state index contributed by atoms with van der Waals surface area (Å²) in [5, 5.41) is 10.6. The molecule has 90 valence electrons. The van der Waals surface area contributed by atoms with Gasteiger partial charge in [0.15, 0.2) is 0 Å². The zero-order valence-corrected chi connectivity index (χ0v) is 10.5. The van der Waals surface area contributed by atoms with Gasteiger partial charge < -0.3 is 5.32 Å². The van der Waals surface area contributed by atoms with Gasteiger partial charge in [0, 0.05) is 17.0 Å². The lowest BCUT2D eigenvalue weighted by Crippen LogP contribution is -2.32. The zero-order chi connectivity index (χ0) is 12.5. The van der Waals surface area contributed by atoms with Crippen LogP contribution < -0.4 is 5.32 Å². The van der Waals surface area contributed by atoms with Gasteiger partial charge in [-0.3, -0.25) is 9.89 Å². The Labute approximate surface area is 104 Å². The van der Waals surface area contributed by atoms with Crippen LogP contribution in [0.5, 0.6) is 0 Å². The topological polar surface area (TPSA) is 57.8 Å². The highest BCUT2D eigenvalue weighted by Gasteiger charge is 2.26. The molecule has 17 heavy (non-hydrogen) atoms. The van der Waals surface area contributed by atoms with Crippen molar-refractivity contribution < 1.29 is 4.79 Å². The van der Waals surface area contributed by atoms with Crippen molar-refractivity contribution in [1.82, 2.24) is 10.2 Å². The smallest absolute Gasteiger partial charge is 0.231 e. The Kier molecular flexibility index (Phi) is 3.07. The third kappa shape index (κ3) is 2.42. The van der Waals surface area contributed by atoms with Crippen LogP contribution in [0.1, 0.15) is 13.8 Å². The first-order valence-corrected chi connectivity index (χ1v) is 5.87. The summed E-state index contributed by atoms with van der Waals surface area (Å²) in [5.41, 5.74) is 1.12. The fourth-order valence-electron chi connectivity index (χ4n) is 1.38. The van der Waals surface area contributed by atoms with E-state index in [4.69, 9.17) is 11.6 Å². The van der Waals surface area contributed by atoms with E-state index in [1.54, 1.807) is 6.20 Å². The van der Waals surface area contributed by atoms with Crippen molar-refractivity contribution in [2.45, 2.75) is 13.8 Å². The second kappa shape index (κ2) is 4.37. The van der Waals surface area contributed by atoms with Crippen molar-refractivity contribution in [3.8, 4) is 0 Å². The molecule has 4 nitrogen and oxygen atoms in total. The van der Waals surface area contributed by atoms with Crippen LogP contribution in [0, 0.1) is 5.41 Å². The number of aromatic nitrogens is 2. The Hall–Kier alpha value is -1.55. The summed E-state index contributed by atoms with van der Waals surface area (Å²) in [6.45, 7) is 3.62. The molecule has 2 aromatic rings. The van der Waals surface area contributed by atoms with Gasteiger partial charge in [0.05, 0.1) is 17.1 Å². The molecule has 0 aliphatic rings. The number of aromatic amines is 1. The minimum Gasteiger partial charge on any atom is -0.326 e. The minimum absolute atomic E-state index is 0.0876. The number of anilines is 1. The predicted molar refractivity (Wildman–Crippen MR) is 69.2 cm³/mol. The van der Waals surface area contributed by atoms with E-state index in [1.165, 1.54) is 0 Å². The third-order valence-corrected chi connectivity index (χ3v) is 3.31. The standard InChI is InChI=1S/C12H14ClN3O/c1-12(2,7-13)11(17)15-9-3-4-10-8(5-9)6-14-16-10/h3-6H,7H2,1-2H3,(H,14,16)(H,15,17). The summed E-state index contributed by atoms with van der Waals surface area (Å²) in [5.74, 6) is 0.197. The van der Waals surface area contributed by atoms with E-state index >= 15 is 0 Å². The molecular weight excluding hydrogens is 238 g/mol. The third-order valence-electron chi connectivity index (χ3n) is 2.65. The number of nitrogens with zero attached hydrogens (tertiary/aromatic N) is 1. The average Bonchev–Trinajstić information content (AvgIpc) is 2.76. The molecule has 0 radical (unpaired) electrons. The van der Waals surface area contributed by atoms with Crippen molar-refractivity contribution >= 4 is 34.1 Å². The normalized spacial score (nSPS) is 11.7. The lowest BCUT2D eigenvalue weighted by Gasteiger charge is -2.20. The molecule has 2 N–H and O–H groups in total. The molecule has 0 unspecified atom stereocenters. The van der Waals surface area contributed by atoms with Crippen LogP contribution in [-0.2, 0) is 4.79 Å². The van der Waals surface area contributed by atoms with Crippen LogP contribution in [0.25, 0.3) is 10.9 Å². The molecule has 0 fully saturated rings. The first-order chi connectivity index (χ1) is 8.03. The van der Waals surface area contributed by atoms with E-state index in [1.807, 2.05) is 32.0 Å². The van der Waals surface area contributed by atoms with Gasteiger partial charge in [-0.2, -0.15) is 5.10 Å². The fourth-order valence-corrected chi connectivity index (χ4v) is 1.50. The Morgan fingerprint density at radius 1 is 1.53 bits per heavy atom. The number of benzene rings is 1. The first-order valence-electron chi connectivity index (χ1n) is 5.33. The first kappa shape index (κ1) is 11.9. The molecule has 0 spiro atoms. The maximum Gasteiger partial charge on any atom is 0.231 e. The highest BCUT2D eigenvalue weighted by molar-refractivity contribution is 6.20. The van der Waals surface area contributed by atoms with E-state index < -0.39 is 5.41 Å². The second-order valence-electron chi connectivity index (χ2n) is 4.64. The number of carbonyl (C=O) groups is 1. The number of H-pyrrole nitrogens is 1. The number of fused-ring (bicyclic) bond motifs is 1. The monoisotopic (exact) mass is 251 g/mol. The summed E-state index contributed by atoms with van der Waals surface area (Å²) >= 11 is 5.76. The van der Waals surface area contributed by atoms with Gasteiger partial charge in [0.1, 0.15) is 0 Å². The number of rotatable bonds is 3. The maximum atomic E-state index is 11.9. The summed E-state index contributed by atoms with van der Waals surface area (Å²) in [7, 11) is 0. The molecule has 1 heterocycles. The van der Waals surface area contributed by atoms with Crippen molar-refractivity contribution in [1.29, 1.82) is 0 Å². The molecule has 0 aliphatic heterocycles. The molecule has 5 heteroatoms. The van der Waals surface area contributed by atoms with E-state index in [0.717, 1.165) is 16.6 Å². The Morgan fingerprint density at radius 2 is 2.29 bits per heavy atom. The molecule has 0 atom stereocenters. The number of amides is 1. The minimum atomic E-state index is -0.576. The number of hydrogen-bond donors (Lipinski definition) is 2. The summed E-state index contributed by atoms with van der Waals surface area (Å²) in [6.07, 6.45) is 1.72. The predicted octanol–water partition coefficient (Wildman–Crippen LogP) is 2.77. The van der Waals surface area contributed by atoms with Crippen molar-refractivity contribution in [3.63, 3.8) is 0 Å². The van der Waals surface area contributed by atoms with Crippen molar-refractivity contribution in [2.24, 2.45) is 5.41 Å². The van der Waals surface area contributed by atoms with Crippen molar-refractivity contribution in [3.05, 3.63) is 24.4 Å². The van der Waals surface area contributed by atoms with Gasteiger partial charge in [-0.1, -0.05) is 0 Å². The highest BCUT2D eigenvalue weighted by Crippen LogP contribution is 2.22. The Balaban J connectivity index is 2.21. The van der Waals surface area contributed by atoms with E-state index in [0.29, 0.717) is 0 Å². The van der Waals surface area contributed by atoms with Gasteiger partial charge in [-0.25, -0.2) is 0 Å². The van der Waals surface area contributed by atoms with Crippen LogP contribution in [0.15, 0.2) is 24.4 Å². The zero-order valence-electron chi connectivity index (χ0n) is 9.75. The second-order valence-corrected chi connectivity index (χ2v) is 4.91. The number of carbonyl (C=O) groups excluding carboxylic acids is 1. The Bertz CT molecular complexity index is 547. The number of alkyl halides is 1. The fraction of sp³-hybridized carbons (Fsp3) is 0.333. The van der Waals surface area contributed by atoms with Crippen LogP contribution >= 0.6 is 11.6 Å². The van der Waals surface area contributed by atoms with Gasteiger partial charge >= 0.3 is 0 Å². The van der Waals surface area contributed by atoms with Gasteiger partial charge in [-0.15, -0.1) is 11.6 Å². The molecule has 0 saturated heterocycles. The lowest BCUT2D eigenvalue weighted by molar-refractivity contribution is -0.122. The molecule has 0 saturated carbocycles.